The summed E-state index contributed by atoms with van der Waals surface area (Å²) in [5, 5.41) is 4.46. The van der Waals surface area contributed by atoms with Crippen LogP contribution in [0.2, 0.25) is 0 Å². The van der Waals surface area contributed by atoms with Crippen LogP contribution in [-0.2, 0) is 9.84 Å². The molecule has 1 aliphatic rings. The van der Waals surface area contributed by atoms with Gasteiger partial charge in [0.05, 0.1) is 23.2 Å². The van der Waals surface area contributed by atoms with E-state index in [1.54, 1.807) is 4.68 Å². The second-order valence-electron chi connectivity index (χ2n) is 4.80. The summed E-state index contributed by atoms with van der Waals surface area (Å²) in [5.74, 6) is 1.34. The van der Waals surface area contributed by atoms with Crippen molar-refractivity contribution in [3.05, 3.63) is 11.8 Å². The van der Waals surface area contributed by atoms with E-state index in [0.29, 0.717) is 18.2 Å². The van der Waals surface area contributed by atoms with Crippen LogP contribution >= 0.6 is 0 Å². The van der Waals surface area contributed by atoms with Crippen LogP contribution in [-0.4, -0.2) is 29.7 Å². The molecule has 5 nitrogen and oxygen atoms in total. The van der Waals surface area contributed by atoms with Crippen molar-refractivity contribution in [2.45, 2.75) is 38.6 Å². The molecule has 1 saturated heterocycles. The number of nitrogens with two attached hydrogens (primary N) is 1. The van der Waals surface area contributed by atoms with Crippen molar-refractivity contribution < 1.29 is 8.42 Å². The van der Waals surface area contributed by atoms with Crippen LogP contribution in [0.1, 0.15) is 44.3 Å². The Bertz CT molecular complexity index is 507. The third-order valence-corrected chi connectivity index (χ3v) is 5.21. The van der Waals surface area contributed by atoms with E-state index >= 15 is 0 Å². The van der Waals surface area contributed by atoms with Gasteiger partial charge in [0, 0.05) is 12.0 Å². The molecular formula is C11H19N3O2S. The third-order valence-electron chi connectivity index (χ3n) is 3.46. The number of hydrogen-bond donors (Lipinski definition) is 1. The lowest BCUT2D eigenvalue weighted by Gasteiger charge is -2.10. The highest BCUT2D eigenvalue weighted by Gasteiger charge is 2.31. The first kappa shape index (κ1) is 12.4. The van der Waals surface area contributed by atoms with Crippen molar-refractivity contribution >= 4 is 15.7 Å². The Labute approximate surface area is 102 Å². The van der Waals surface area contributed by atoms with E-state index in [1.807, 2.05) is 6.07 Å². The Morgan fingerprint density at radius 1 is 1.65 bits per heavy atom. The van der Waals surface area contributed by atoms with Gasteiger partial charge in [0.15, 0.2) is 9.84 Å². The molecule has 0 spiro atoms. The molecule has 0 amide bonds. The van der Waals surface area contributed by atoms with Crippen LogP contribution < -0.4 is 5.73 Å². The topological polar surface area (TPSA) is 78.0 Å². The van der Waals surface area contributed by atoms with Gasteiger partial charge in [-0.1, -0.05) is 13.8 Å². The number of rotatable bonds is 3. The first-order valence-corrected chi connectivity index (χ1v) is 7.80. The summed E-state index contributed by atoms with van der Waals surface area (Å²) < 4.78 is 24.6. The molecule has 2 heterocycles. The van der Waals surface area contributed by atoms with Crippen LogP contribution in [0.3, 0.4) is 0 Å². The van der Waals surface area contributed by atoms with Crippen molar-refractivity contribution in [2.75, 3.05) is 17.2 Å². The van der Waals surface area contributed by atoms with Crippen LogP contribution in [0.15, 0.2) is 6.07 Å². The summed E-state index contributed by atoms with van der Waals surface area (Å²) in [6, 6.07) is 1.77. The third kappa shape index (κ3) is 2.46. The van der Waals surface area contributed by atoms with Crippen LogP contribution in [0, 0.1) is 0 Å². The summed E-state index contributed by atoms with van der Waals surface area (Å²) in [5.41, 5.74) is 6.86. The molecule has 2 N–H and O–H groups in total. The second-order valence-corrected chi connectivity index (χ2v) is 7.03. The SMILES string of the molecule is CCC(C)c1cc(N)n(C2CCS(=O)(=O)C2)n1. The quantitative estimate of drug-likeness (QED) is 0.886. The molecule has 1 aromatic heterocycles. The highest BCUT2D eigenvalue weighted by molar-refractivity contribution is 7.91. The Kier molecular flexibility index (Phi) is 3.16. The van der Waals surface area contributed by atoms with E-state index in [9.17, 15) is 8.42 Å². The molecule has 1 aliphatic heterocycles. The summed E-state index contributed by atoms with van der Waals surface area (Å²) >= 11 is 0. The molecule has 0 radical (unpaired) electrons. The number of sulfone groups is 1. The van der Waals surface area contributed by atoms with Gasteiger partial charge >= 0.3 is 0 Å². The van der Waals surface area contributed by atoms with E-state index in [1.165, 1.54) is 0 Å². The number of hydrogen-bond acceptors (Lipinski definition) is 4. The van der Waals surface area contributed by atoms with E-state index in [2.05, 4.69) is 18.9 Å². The maximum absolute atomic E-state index is 11.4. The average molecular weight is 257 g/mol. The maximum Gasteiger partial charge on any atom is 0.152 e. The van der Waals surface area contributed by atoms with Gasteiger partial charge < -0.3 is 5.73 Å². The summed E-state index contributed by atoms with van der Waals surface area (Å²) in [4.78, 5) is 0. The number of anilines is 1. The van der Waals surface area contributed by atoms with Gasteiger partial charge in [-0.15, -0.1) is 0 Å². The molecule has 6 heteroatoms. The van der Waals surface area contributed by atoms with E-state index in [-0.39, 0.29) is 17.5 Å². The Morgan fingerprint density at radius 3 is 2.88 bits per heavy atom. The Hall–Kier alpha value is -1.04. The number of aromatic nitrogens is 2. The fourth-order valence-corrected chi connectivity index (χ4v) is 3.83. The minimum Gasteiger partial charge on any atom is -0.384 e. The first-order chi connectivity index (χ1) is 7.93. The fourth-order valence-electron chi connectivity index (χ4n) is 2.14. The molecule has 0 aromatic carbocycles. The van der Waals surface area contributed by atoms with Crippen LogP contribution in [0.4, 0.5) is 5.82 Å². The van der Waals surface area contributed by atoms with Gasteiger partial charge in [0.25, 0.3) is 0 Å². The van der Waals surface area contributed by atoms with Gasteiger partial charge in [-0.25, -0.2) is 13.1 Å². The zero-order valence-corrected chi connectivity index (χ0v) is 11.1. The zero-order chi connectivity index (χ0) is 12.6. The van der Waals surface area contributed by atoms with Crippen molar-refractivity contribution in [1.29, 1.82) is 0 Å². The number of nitrogens with zero attached hydrogens (tertiary/aromatic N) is 2. The van der Waals surface area contributed by atoms with Crippen molar-refractivity contribution in [2.24, 2.45) is 0 Å². The fraction of sp³-hybridized carbons (Fsp3) is 0.727. The van der Waals surface area contributed by atoms with Crippen LogP contribution in [0.5, 0.6) is 0 Å². The molecule has 17 heavy (non-hydrogen) atoms. The van der Waals surface area contributed by atoms with E-state index < -0.39 is 9.84 Å². The number of nitrogen functional groups attached to an aromatic ring is 1. The molecule has 0 saturated carbocycles. The van der Waals surface area contributed by atoms with E-state index in [0.717, 1.165) is 12.1 Å². The molecule has 0 bridgehead atoms. The Balaban J connectivity index is 2.25. The van der Waals surface area contributed by atoms with Gasteiger partial charge in [-0.3, -0.25) is 0 Å². The normalized spacial score (nSPS) is 24.9. The molecule has 0 aliphatic carbocycles. The first-order valence-electron chi connectivity index (χ1n) is 5.98. The molecular weight excluding hydrogens is 238 g/mol. The lowest BCUT2D eigenvalue weighted by atomic mass is 10.1. The smallest absolute Gasteiger partial charge is 0.152 e. The zero-order valence-electron chi connectivity index (χ0n) is 10.3. The molecule has 2 atom stereocenters. The van der Waals surface area contributed by atoms with E-state index in [4.69, 9.17) is 5.73 Å². The van der Waals surface area contributed by atoms with Crippen molar-refractivity contribution in [3.63, 3.8) is 0 Å². The summed E-state index contributed by atoms with van der Waals surface area (Å²) in [6.07, 6.45) is 1.62. The highest BCUT2D eigenvalue weighted by atomic mass is 32.2. The van der Waals surface area contributed by atoms with Gasteiger partial charge in [-0.05, 0) is 12.8 Å². The van der Waals surface area contributed by atoms with Crippen molar-refractivity contribution in [1.82, 2.24) is 9.78 Å². The molecule has 2 rings (SSSR count). The standard InChI is InChI=1S/C11H19N3O2S/c1-3-8(2)10-6-11(12)14(13-10)9-4-5-17(15,16)7-9/h6,8-9H,3-5,7,12H2,1-2H3. The monoisotopic (exact) mass is 257 g/mol. The average Bonchev–Trinajstić information content (AvgIpc) is 2.80. The molecule has 96 valence electrons. The van der Waals surface area contributed by atoms with Crippen LogP contribution in [0.25, 0.3) is 0 Å². The van der Waals surface area contributed by atoms with Gasteiger partial charge in [0.1, 0.15) is 5.82 Å². The largest absolute Gasteiger partial charge is 0.384 e. The minimum atomic E-state index is -2.89. The predicted octanol–water partition coefficient (Wildman–Crippen LogP) is 1.34. The highest BCUT2D eigenvalue weighted by Crippen LogP contribution is 2.28. The maximum atomic E-state index is 11.4. The predicted molar refractivity (Wildman–Crippen MR) is 67.7 cm³/mol. The lowest BCUT2D eigenvalue weighted by Crippen LogP contribution is -2.15. The molecule has 1 aromatic rings. The summed E-state index contributed by atoms with van der Waals surface area (Å²) in [6.45, 7) is 4.19. The molecule has 1 fully saturated rings. The Morgan fingerprint density at radius 2 is 2.35 bits per heavy atom. The van der Waals surface area contributed by atoms with Gasteiger partial charge in [-0.2, -0.15) is 5.10 Å². The second kappa shape index (κ2) is 4.33. The van der Waals surface area contributed by atoms with Gasteiger partial charge in [0.2, 0.25) is 0 Å². The summed E-state index contributed by atoms with van der Waals surface area (Å²) in [7, 11) is -2.89. The lowest BCUT2D eigenvalue weighted by molar-refractivity contribution is 0.496. The minimum absolute atomic E-state index is 0.0854. The van der Waals surface area contributed by atoms with Crippen molar-refractivity contribution in [3.8, 4) is 0 Å². The molecule has 2 unspecified atom stereocenters.